The number of aliphatic hydroxyl groups is 1. The molecule has 0 spiro atoms. The van der Waals surface area contributed by atoms with Gasteiger partial charge in [0.15, 0.2) is 0 Å². The highest BCUT2D eigenvalue weighted by Crippen LogP contribution is 2.32. The number of aromatic nitrogens is 2. The van der Waals surface area contributed by atoms with Gasteiger partial charge >= 0.3 is 0 Å². The number of carbonyl (C=O) groups excluding carboxylic acids is 2. The number of nitrogens with one attached hydrogen (secondary N) is 1. The number of hydrogen-bond donors (Lipinski definition) is 2. The number of ether oxygens (including phenoxy) is 1. The van der Waals surface area contributed by atoms with Crippen LogP contribution in [0.3, 0.4) is 0 Å². The summed E-state index contributed by atoms with van der Waals surface area (Å²) in [5.74, 6) is -0.456. The molecular weight excluding hydrogens is 391 g/mol. The van der Waals surface area contributed by atoms with Crippen molar-refractivity contribution in [3.05, 3.63) is 59.7 Å². The third-order valence-corrected chi connectivity index (χ3v) is 5.00. The molecule has 0 fully saturated rings. The van der Waals surface area contributed by atoms with Crippen LogP contribution >= 0.6 is 0 Å². The van der Waals surface area contributed by atoms with E-state index in [0.29, 0.717) is 34.6 Å². The Morgan fingerprint density at radius 2 is 2.13 bits per heavy atom. The lowest BCUT2D eigenvalue weighted by Gasteiger charge is -2.35. The largest absolute Gasteiger partial charge is 0.489 e. The summed E-state index contributed by atoms with van der Waals surface area (Å²) in [6.07, 6.45) is 2.13. The molecule has 2 aromatic heterocycles. The van der Waals surface area contributed by atoms with Gasteiger partial charge in [0.1, 0.15) is 23.7 Å². The summed E-state index contributed by atoms with van der Waals surface area (Å²) in [5.41, 5.74) is 0.214. The molecule has 1 aromatic carbocycles. The molecule has 0 saturated heterocycles. The van der Waals surface area contributed by atoms with Crippen LogP contribution in [0.5, 0.6) is 5.75 Å². The zero-order valence-corrected chi connectivity index (χ0v) is 16.9. The van der Waals surface area contributed by atoms with Crippen LogP contribution in [0.4, 0.5) is 10.1 Å². The van der Waals surface area contributed by atoms with Gasteiger partial charge in [0.2, 0.25) is 12.3 Å². The van der Waals surface area contributed by atoms with Crippen LogP contribution < -0.4 is 15.0 Å². The van der Waals surface area contributed by atoms with E-state index < -0.39 is 18.1 Å². The normalized spacial score (nSPS) is 13.0. The van der Waals surface area contributed by atoms with Crippen molar-refractivity contribution < 1.29 is 23.8 Å². The van der Waals surface area contributed by atoms with Gasteiger partial charge in [0.05, 0.1) is 23.5 Å². The van der Waals surface area contributed by atoms with Gasteiger partial charge in [-0.25, -0.2) is 8.91 Å². The SMILES string of the molecule is CNC(=O)C(C)(CO)N(C=O)c1c(C)nn2ccc(OCc3ccccc3F)cc12. The standard InChI is InChI=1S/C21H23FN4O4/c1-14-19(25(13-28)21(2,12-27)20(29)23-3)18-10-16(8-9-26(18)24-14)30-11-15-6-4-5-7-17(15)22/h4-10,13,27H,11-12H2,1-3H3,(H,23,29). The lowest BCUT2D eigenvalue weighted by atomic mass is 9.99. The highest BCUT2D eigenvalue weighted by atomic mass is 19.1. The summed E-state index contributed by atoms with van der Waals surface area (Å²) in [4.78, 5) is 25.5. The molecule has 0 radical (unpaired) electrons. The number of amides is 2. The van der Waals surface area contributed by atoms with Crippen LogP contribution in [0.1, 0.15) is 18.2 Å². The Bertz CT molecular complexity index is 1080. The van der Waals surface area contributed by atoms with Gasteiger partial charge in [0.25, 0.3) is 0 Å². The van der Waals surface area contributed by atoms with E-state index in [0.717, 1.165) is 4.90 Å². The Kier molecular flexibility index (Phi) is 6.02. The number of carbonyl (C=O) groups is 2. The zero-order valence-electron chi connectivity index (χ0n) is 16.9. The molecule has 30 heavy (non-hydrogen) atoms. The Morgan fingerprint density at radius 1 is 1.40 bits per heavy atom. The van der Waals surface area contributed by atoms with Gasteiger partial charge in [-0.15, -0.1) is 0 Å². The molecule has 0 aliphatic rings. The number of nitrogens with zero attached hydrogens (tertiary/aromatic N) is 3. The van der Waals surface area contributed by atoms with Crippen molar-refractivity contribution in [1.82, 2.24) is 14.9 Å². The Labute approximate surface area is 172 Å². The summed E-state index contributed by atoms with van der Waals surface area (Å²) in [7, 11) is 1.43. The van der Waals surface area contributed by atoms with E-state index in [9.17, 15) is 19.1 Å². The van der Waals surface area contributed by atoms with E-state index in [4.69, 9.17) is 4.74 Å². The van der Waals surface area contributed by atoms with Crippen LogP contribution in [0, 0.1) is 12.7 Å². The maximum atomic E-state index is 13.8. The molecule has 0 bridgehead atoms. The van der Waals surface area contributed by atoms with E-state index in [-0.39, 0.29) is 12.4 Å². The number of pyridine rings is 1. The smallest absolute Gasteiger partial charge is 0.248 e. The number of halogens is 1. The van der Waals surface area contributed by atoms with Gasteiger partial charge in [0, 0.05) is 24.9 Å². The maximum Gasteiger partial charge on any atom is 0.248 e. The van der Waals surface area contributed by atoms with E-state index in [1.165, 1.54) is 20.0 Å². The second-order valence-electron chi connectivity index (χ2n) is 6.99. The fraction of sp³-hybridized carbons (Fsp3) is 0.286. The molecule has 2 heterocycles. The third-order valence-electron chi connectivity index (χ3n) is 5.00. The first-order valence-electron chi connectivity index (χ1n) is 9.28. The van der Waals surface area contributed by atoms with Gasteiger partial charge in [-0.1, -0.05) is 18.2 Å². The van der Waals surface area contributed by atoms with Crippen molar-refractivity contribution in [2.45, 2.75) is 26.0 Å². The van der Waals surface area contributed by atoms with Crippen LogP contribution in [0.25, 0.3) is 5.52 Å². The first kappa shape index (κ1) is 21.3. The van der Waals surface area contributed by atoms with E-state index in [2.05, 4.69) is 10.4 Å². The number of fused-ring (bicyclic) bond motifs is 1. The number of anilines is 1. The molecule has 3 aromatic rings. The van der Waals surface area contributed by atoms with E-state index >= 15 is 0 Å². The average Bonchev–Trinajstić information content (AvgIpc) is 3.08. The zero-order chi connectivity index (χ0) is 21.9. The molecule has 1 unspecified atom stereocenters. The summed E-state index contributed by atoms with van der Waals surface area (Å²) in [5, 5.41) is 16.7. The van der Waals surface area contributed by atoms with Crippen molar-refractivity contribution in [2.75, 3.05) is 18.6 Å². The number of likely N-dealkylation sites (N-methyl/N-ethyl adjacent to an activating group) is 1. The highest BCUT2D eigenvalue weighted by molar-refractivity contribution is 5.99. The van der Waals surface area contributed by atoms with Crippen molar-refractivity contribution in [3.8, 4) is 5.75 Å². The van der Waals surface area contributed by atoms with Crippen molar-refractivity contribution in [3.63, 3.8) is 0 Å². The number of benzene rings is 1. The fourth-order valence-electron chi connectivity index (χ4n) is 3.24. The Morgan fingerprint density at radius 3 is 2.77 bits per heavy atom. The minimum Gasteiger partial charge on any atom is -0.489 e. The van der Waals surface area contributed by atoms with Crippen molar-refractivity contribution >= 4 is 23.5 Å². The third kappa shape index (κ3) is 3.71. The predicted octanol–water partition coefficient (Wildman–Crippen LogP) is 1.82. The number of rotatable bonds is 8. The lowest BCUT2D eigenvalue weighted by molar-refractivity contribution is -0.128. The van der Waals surface area contributed by atoms with E-state index in [1.54, 1.807) is 48.0 Å². The second kappa shape index (κ2) is 8.50. The summed E-state index contributed by atoms with van der Waals surface area (Å²) >= 11 is 0. The molecule has 3 rings (SSSR count). The van der Waals surface area contributed by atoms with Crippen LogP contribution in [0.15, 0.2) is 42.6 Å². The minimum atomic E-state index is -1.53. The minimum absolute atomic E-state index is 0.0231. The Balaban J connectivity index is 2.01. The van der Waals surface area contributed by atoms with Gasteiger partial charge in [-0.05, 0) is 26.0 Å². The topological polar surface area (TPSA) is 96.2 Å². The number of hydrogen-bond acceptors (Lipinski definition) is 5. The molecule has 1 atom stereocenters. The molecule has 0 aliphatic carbocycles. The molecule has 2 amide bonds. The first-order chi connectivity index (χ1) is 14.3. The quantitative estimate of drug-likeness (QED) is 0.548. The summed E-state index contributed by atoms with van der Waals surface area (Å²) in [6.45, 7) is 2.59. The first-order valence-corrected chi connectivity index (χ1v) is 9.28. The average molecular weight is 414 g/mol. The number of aliphatic hydroxyl groups excluding tert-OH is 1. The molecule has 8 nitrogen and oxygen atoms in total. The van der Waals surface area contributed by atoms with Crippen LogP contribution in [0.2, 0.25) is 0 Å². The van der Waals surface area contributed by atoms with Crippen molar-refractivity contribution in [1.29, 1.82) is 0 Å². The fourth-order valence-corrected chi connectivity index (χ4v) is 3.24. The van der Waals surface area contributed by atoms with Gasteiger partial charge < -0.3 is 15.2 Å². The van der Waals surface area contributed by atoms with Crippen molar-refractivity contribution in [2.24, 2.45) is 0 Å². The maximum absolute atomic E-state index is 13.8. The Hall–Kier alpha value is -3.46. The highest BCUT2D eigenvalue weighted by Gasteiger charge is 2.41. The summed E-state index contributed by atoms with van der Waals surface area (Å²) in [6, 6.07) is 9.63. The van der Waals surface area contributed by atoms with E-state index in [1.807, 2.05) is 0 Å². The molecule has 158 valence electrons. The van der Waals surface area contributed by atoms with Crippen LogP contribution in [-0.4, -0.2) is 46.2 Å². The molecule has 0 saturated carbocycles. The van der Waals surface area contributed by atoms with Gasteiger partial charge in [-0.3, -0.25) is 14.5 Å². The second-order valence-corrected chi connectivity index (χ2v) is 6.99. The summed E-state index contributed by atoms with van der Waals surface area (Å²) < 4.78 is 21.1. The van der Waals surface area contributed by atoms with Crippen LogP contribution in [-0.2, 0) is 16.2 Å². The molecule has 2 N–H and O–H groups in total. The van der Waals surface area contributed by atoms with Gasteiger partial charge in [-0.2, -0.15) is 5.10 Å². The molecule has 0 aliphatic heterocycles. The monoisotopic (exact) mass is 414 g/mol. The molecule has 9 heteroatoms. The predicted molar refractivity (Wildman–Crippen MR) is 109 cm³/mol. The number of aryl methyl sites for hydroxylation is 1. The molecular formula is C21H23FN4O4. The lowest BCUT2D eigenvalue weighted by Crippen LogP contribution is -2.58.